The van der Waals surface area contributed by atoms with Crippen molar-refractivity contribution in [1.29, 1.82) is 0 Å². The molecular weight excluding hydrogens is 428 g/mol. The fourth-order valence-electron chi connectivity index (χ4n) is 3.61. The lowest BCUT2D eigenvalue weighted by Crippen LogP contribution is -2.37. The number of fused-ring (bicyclic) bond motifs is 1. The number of carboxylic acid groups (broad SMARTS) is 1. The number of nitrogens with zero attached hydrogens (tertiary/aromatic N) is 4. The van der Waals surface area contributed by atoms with Gasteiger partial charge in [0.2, 0.25) is 0 Å². The molecule has 1 fully saturated rings. The fraction of sp³-hybridized carbons (Fsp3) is 0.455. The average Bonchev–Trinajstić information content (AvgIpc) is 3.30. The van der Waals surface area contributed by atoms with Crippen LogP contribution in [-0.2, 0) is 9.53 Å². The van der Waals surface area contributed by atoms with Gasteiger partial charge in [-0.3, -0.25) is 14.8 Å². The summed E-state index contributed by atoms with van der Waals surface area (Å²) in [5.41, 5.74) is 1.11. The number of morpholine rings is 1. The van der Waals surface area contributed by atoms with Gasteiger partial charge in [0.1, 0.15) is 18.0 Å². The van der Waals surface area contributed by atoms with E-state index in [4.69, 9.17) is 14.2 Å². The topological polar surface area (TPSA) is 135 Å². The average molecular weight is 457 g/mol. The number of anilines is 2. The van der Waals surface area contributed by atoms with E-state index in [2.05, 4.69) is 30.4 Å². The van der Waals surface area contributed by atoms with E-state index in [1.807, 2.05) is 12.1 Å². The fourth-order valence-corrected chi connectivity index (χ4v) is 3.61. The number of carboxylic acids is 1. The molecule has 3 aromatic rings. The zero-order chi connectivity index (χ0) is 23.2. The Kier molecular flexibility index (Phi) is 7.20. The first-order valence-electron chi connectivity index (χ1n) is 10.9. The third kappa shape index (κ3) is 5.49. The van der Waals surface area contributed by atoms with Crippen LogP contribution in [0.5, 0.6) is 11.5 Å². The molecule has 1 aliphatic heterocycles. The maximum atomic E-state index is 11.2. The van der Waals surface area contributed by atoms with Crippen molar-refractivity contribution < 1.29 is 24.1 Å². The van der Waals surface area contributed by atoms with Crippen molar-refractivity contribution >= 4 is 28.5 Å². The van der Waals surface area contributed by atoms with Crippen molar-refractivity contribution in [3.63, 3.8) is 0 Å². The summed E-state index contributed by atoms with van der Waals surface area (Å²) in [4.78, 5) is 22.3. The number of hydrogen-bond donors (Lipinski definition) is 3. The van der Waals surface area contributed by atoms with Crippen LogP contribution < -0.4 is 14.8 Å². The Balaban J connectivity index is 1.46. The molecule has 0 spiro atoms. The van der Waals surface area contributed by atoms with Crippen molar-refractivity contribution in [3.05, 3.63) is 30.2 Å². The summed E-state index contributed by atoms with van der Waals surface area (Å²) in [5.74, 6) is 0.604. The minimum Gasteiger partial charge on any atom is -0.493 e. The number of H-pyrrole nitrogens is 1. The minimum atomic E-state index is -0.942. The smallest absolute Gasteiger partial charge is 0.312 e. The maximum absolute atomic E-state index is 11.2. The number of methoxy groups -OCH3 is 1. The van der Waals surface area contributed by atoms with Crippen LogP contribution in [0.25, 0.3) is 10.9 Å². The molecule has 2 aromatic heterocycles. The first kappa shape index (κ1) is 22.7. The second-order valence-electron chi connectivity index (χ2n) is 7.79. The molecule has 3 heterocycles. The first-order valence-corrected chi connectivity index (χ1v) is 10.9. The van der Waals surface area contributed by atoms with Crippen molar-refractivity contribution in [3.8, 4) is 11.5 Å². The molecule has 0 bridgehead atoms. The van der Waals surface area contributed by atoms with Crippen LogP contribution in [0.4, 0.5) is 11.6 Å². The number of aromatic nitrogens is 4. The van der Waals surface area contributed by atoms with Gasteiger partial charge >= 0.3 is 5.97 Å². The summed E-state index contributed by atoms with van der Waals surface area (Å²) in [5, 5.41) is 19.9. The first-order chi connectivity index (χ1) is 16.0. The molecule has 4 rings (SSSR count). The molecule has 0 amide bonds. The van der Waals surface area contributed by atoms with Crippen molar-refractivity contribution in [2.45, 2.75) is 19.3 Å². The van der Waals surface area contributed by atoms with E-state index in [0.717, 1.165) is 44.7 Å². The van der Waals surface area contributed by atoms with Crippen LogP contribution in [0.1, 0.15) is 25.0 Å². The third-order valence-corrected chi connectivity index (χ3v) is 5.57. The van der Waals surface area contributed by atoms with Crippen LogP contribution in [0.2, 0.25) is 0 Å². The molecule has 1 aromatic carbocycles. The molecule has 1 unspecified atom stereocenters. The highest BCUT2D eigenvalue weighted by Gasteiger charge is 2.18. The molecule has 11 heteroatoms. The molecule has 1 aliphatic rings. The van der Waals surface area contributed by atoms with E-state index >= 15 is 0 Å². The predicted molar refractivity (Wildman–Crippen MR) is 121 cm³/mol. The number of aliphatic carboxylic acids is 1. The van der Waals surface area contributed by atoms with Gasteiger partial charge in [0.25, 0.3) is 0 Å². The van der Waals surface area contributed by atoms with Crippen LogP contribution in [0, 0.1) is 0 Å². The van der Waals surface area contributed by atoms with Gasteiger partial charge < -0.3 is 24.6 Å². The van der Waals surface area contributed by atoms with Gasteiger partial charge in [-0.25, -0.2) is 9.97 Å². The molecule has 0 saturated carbocycles. The van der Waals surface area contributed by atoms with Gasteiger partial charge in [0.15, 0.2) is 11.5 Å². The SMILES string of the molecule is COc1cc2c(Nc3cc(C(C)C(=O)O)n[nH]3)ncnc2cc1OCCCN1CCOCC1. The normalized spacial score (nSPS) is 15.3. The summed E-state index contributed by atoms with van der Waals surface area (Å²) >= 11 is 0. The Hall–Kier alpha value is -3.44. The van der Waals surface area contributed by atoms with E-state index < -0.39 is 11.9 Å². The number of hydrogen-bond acceptors (Lipinski definition) is 9. The molecule has 11 nitrogen and oxygen atoms in total. The summed E-state index contributed by atoms with van der Waals surface area (Å²) in [6, 6.07) is 5.31. The third-order valence-electron chi connectivity index (χ3n) is 5.57. The van der Waals surface area contributed by atoms with E-state index in [0.29, 0.717) is 41.0 Å². The predicted octanol–water partition coefficient (Wildman–Crippen LogP) is 2.39. The van der Waals surface area contributed by atoms with Gasteiger partial charge in [-0.05, 0) is 19.4 Å². The zero-order valence-corrected chi connectivity index (χ0v) is 18.7. The lowest BCUT2D eigenvalue weighted by Gasteiger charge is -2.26. The lowest BCUT2D eigenvalue weighted by atomic mass is 10.1. The number of ether oxygens (including phenoxy) is 3. The number of benzene rings is 1. The maximum Gasteiger partial charge on any atom is 0.312 e. The molecule has 33 heavy (non-hydrogen) atoms. The molecule has 1 saturated heterocycles. The number of carbonyl (C=O) groups is 1. The number of aromatic amines is 1. The van der Waals surface area contributed by atoms with E-state index in [9.17, 15) is 9.90 Å². The molecule has 1 atom stereocenters. The second kappa shape index (κ2) is 10.5. The summed E-state index contributed by atoms with van der Waals surface area (Å²) in [7, 11) is 1.59. The Bertz CT molecular complexity index is 1100. The van der Waals surface area contributed by atoms with Gasteiger partial charge in [-0.2, -0.15) is 5.10 Å². The Morgan fingerprint density at radius 1 is 1.27 bits per heavy atom. The van der Waals surface area contributed by atoms with E-state index in [1.165, 1.54) is 6.33 Å². The molecule has 176 valence electrons. The van der Waals surface area contributed by atoms with Crippen LogP contribution in [0.15, 0.2) is 24.5 Å². The highest BCUT2D eigenvalue weighted by molar-refractivity contribution is 5.92. The quantitative estimate of drug-likeness (QED) is 0.390. The largest absolute Gasteiger partial charge is 0.493 e. The highest BCUT2D eigenvalue weighted by Crippen LogP contribution is 2.34. The van der Waals surface area contributed by atoms with E-state index in [-0.39, 0.29) is 0 Å². The molecular formula is C22H28N6O5. The highest BCUT2D eigenvalue weighted by atomic mass is 16.5. The minimum absolute atomic E-state index is 0.425. The van der Waals surface area contributed by atoms with Crippen molar-refractivity contribution in [2.75, 3.05) is 51.9 Å². The van der Waals surface area contributed by atoms with Crippen LogP contribution in [-0.4, -0.2) is 82.7 Å². The lowest BCUT2D eigenvalue weighted by molar-refractivity contribution is -0.138. The molecule has 0 radical (unpaired) electrons. The van der Waals surface area contributed by atoms with Crippen molar-refractivity contribution in [1.82, 2.24) is 25.1 Å². The Labute approximate surface area is 191 Å². The molecule has 0 aliphatic carbocycles. The number of rotatable bonds is 10. The number of nitrogens with one attached hydrogen (secondary N) is 2. The van der Waals surface area contributed by atoms with Gasteiger partial charge in [0.05, 0.1) is 44.1 Å². The second-order valence-corrected chi connectivity index (χ2v) is 7.79. The van der Waals surface area contributed by atoms with Gasteiger partial charge in [-0.15, -0.1) is 0 Å². The molecule has 3 N–H and O–H groups in total. The van der Waals surface area contributed by atoms with Gasteiger partial charge in [-0.1, -0.05) is 0 Å². The summed E-state index contributed by atoms with van der Waals surface area (Å²) in [6.07, 6.45) is 2.35. The van der Waals surface area contributed by atoms with Crippen LogP contribution in [0.3, 0.4) is 0 Å². The summed E-state index contributed by atoms with van der Waals surface area (Å²) in [6.45, 7) is 6.59. The standard InChI is InChI=1S/C22H28N6O5/c1-14(22(29)30)16-12-20(27-26-16)25-21-15-10-18(31-2)19(11-17(15)23-13-24-21)33-7-3-4-28-5-8-32-9-6-28/h10-14H,3-9H2,1-2H3,(H,29,30)(H2,23,24,25,26,27). The zero-order valence-electron chi connectivity index (χ0n) is 18.7. The Morgan fingerprint density at radius 3 is 2.85 bits per heavy atom. The summed E-state index contributed by atoms with van der Waals surface area (Å²) < 4.78 is 16.9. The Morgan fingerprint density at radius 2 is 2.09 bits per heavy atom. The van der Waals surface area contributed by atoms with E-state index in [1.54, 1.807) is 20.1 Å². The van der Waals surface area contributed by atoms with Crippen LogP contribution >= 0.6 is 0 Å². The van der Waals surface area contributed by atoms with Crippen molar-refractivity contribution in [2.24, 2.45) is 0 Å². The van der Waals surface area contributed by atoms with Gasteiger partial charge in [0, 0.05) is 37.2 Å². The monoisotopic (exact) mass is 456 g/mol.